The van der Waals surface area contributed by atoms with Crippen molar-refractivity contribution in [3.05, 3.63) is 42.0 Å². The number of ether oxygens (including phenoxy) is 3. The molecule has 0 saturated carbocycles. The Bertz CT molecular complexity index is 947. The van der Waals surface area contributed by atoms with Crippen LogP contribution in [0.5, 0.6) is 0 Å². The SMILES string of the molecule is C/C=C\CCC1(C)OB(c2ccc([C@H]3O[C@H](COC(C)=O)[C@@H](OC(C)=O)[C@H](O)[C@@H]3O)cc2)OC1(C)C. The maximum atomic E-state index is 11.5. The third kappa shape index (κ3) is 6.18. The minimum atomic E-state index is -1.44. The molecular formula is C26H37BO9. The molecule has 0 aliphatic carbocycles. The lowest BCUT2D eigenvalue weighted by Gasteiger charge is -2.42. The van der Waals surface area contributed by atoms with Crippen molar-refractivity contribution in [3.8, 4) is 0 Å². The van der Waals surface area contributed by atoms with Gasteiger partial charge in [-0.1, -0.05) is 36.4 Å². The number of hydrogen-bond acceptors (Lipinski definition) is 9. The second-order valence-corrected chi connectivity index (χ2v) is 10.0. The molecule has 1 aromatic rings. The molecule has 198 valence electrons. The van der Waals surface area contributed by atoms with Crippen LogP contribution in [0.3, 0.4) is 0 Å². The number of esters is 2. The Kier molecular flexibility index (Phi) is 9.00. The number of carbonyl (C=O) groups excluding carboxylic acids is 2. The highest BCUT2D eigenvalue weighted by Gasteiger charge is 2.54. The van der Waals surface area contributed by atoms with Gasteiger partial charge in [0, 0.05) is 13.8 Å². The van der Waals surface area contributed by atoms with Gasteiger partial charge < -0.3 is 33.7 Å². The molecule has 2 N–H and O–H groups in total. The summed E-state index contributed by atoms with van der Waals surface area (Å²) in [5.74, 6) is -1.19. The van der Waals surface area contributed by atoms with E-state index in [9.17, 15) is 19.8 Å². The minimum absolute atomic E-state index is 0.240. The van der Waals surface area contributed by atoms with Crippen molar-refractivity contribution in [1.29, 1.82) is 0 Å². The van der Waals surface area contributed by atoms with Crippen LogP contribution in [-0.4, -0.2) is 71.5 Å². The van der Waals surface area contributed by atoms with Crippen LogP contribution in [0, 0.1) is 0 Å². The zero-order valence-electron chi connectivity index (χ0n) is 21.8. The van der Waals surface area contributed by atoms with E-state index in [1.54, 1.807) is 12.1 Å². The molecule has 2 aliphatic heterocycles. The average molecular weight is 504 g/mol. The molecule has 0 spiro atoms. The standard InChI is InChI=1S/C26H37BO9/c1-7-8-9-14-26(6)25(4,5)35-27(36-26)19-12-10-18(11-13-19)23-21(30)22(31)24(33-17(3)29)20(34-23)15-32-16(2)28/h7-8,10-13,20-24,30-31H,9,14-15H2,1-6H3/b8-7-/t20-,21+,22-,23-,24-,26?/m1/s1. The van der Waals surface area contributed by atoms with Crippen LogP contribution in [0.4, 0.5) is 0 Å². The van der Waals surface area contributed by atoms with Gasteiger partial charge in [0.15, 0.2) is 6.10 Å². The van der Waals surface area contributed by atoms with Gasteiger partial charge in [0.1, 0.15) is 31.0 Å². The van der Waals surface area contributed by atoms with Gasteiger partial charge >= 0.3 is 19.1 Å². The number of allylic oxidation sites excluding steroid dienone is 2. The maximum Gasteiger partial charge on any atom is 0.494 e. The van der Waals surface area contributed by atoms with Gasteiger partial charge in [-0.25, -0.2) is 0 Å². The van der Waals surface area contributed by atoms with Crippen molar-refractivity contribution in [2.24, 2.45) is 0 Å². The molecule has 0 amide bonds. The lowest BCUT2D eigenvalue weighted by Crippen LogP contribution is -2.57. The molecule has 0 aromatic heterocycles. The summed E-state index contributed by atoms with van der Waals surface area (Å²) in [5, 5.41) is 21.5. The van der Waals surface area contributed by atoms with Crippen LogP contribution in [0.15, 0.2) is 36.4 Å². The van der Waals surface area contributed by atoms with E-state index in [-0.39, 0.29) is 6.61 Å². The summed E-state index contributed by atoms with van der Waals surface area (Å²) < 4.78 is 28.8. The van der Waals surface area contributed by atoms with Crippen LogP contribution in [0.1, 0.15) is 66.1 Å². The lowest BCUT2D eigenvalue weighted by molar-refractivity contribution is -0.242. The lowest BCUT2D eigenvalue weighted by atomic mass is 9.78. The summed E-state index contributed by atoms with van der Waals surface area (Å²) in [5.41, 5.74) is 0.424. The van der Waals surface area contributed by atoms with Crippen molar-refractivity contribution < 1.29 is 43.3 Å². The van der Waals surface area contributed by atoms with Gasteiger partial charge in [-0.2, -0.15) is 0 Å². The molecule has 0 radical (unpaired) electrons. The topological polar surface area (TPSA) is 121 Å². The van der Waals surface area contributed by atoms with Gasteiger partial charge in [0.25, 0.3) is 0 Å². The molecule has 36 heavy (non-hydrogen) atoms. The zero-order chi connectivity index (χ0) is 26.7. The first-order valence-electron chi connectivity index (χ1n) is 12.3. The van der Waals surface area contributed by atoms with Crippen LogP contribution >= 0.6 is 0 Å². The van der Waals surface area contributed by atoms with E-state index < -0.39 is 60.8 Å². The fourth-order valence-corrected chi connectivity index (χ4v) is 4.54. The Labute approximate surface area is 212 Å². The number of hydrogen-bond donors (Lipinski definition) is 2. The second-order valence-electron chi connectivity index (χ2n) is 10.0. The first-order chi connectivity index (χ1) is 16.9. The zero-order valence-corrected chi connectivity index (χ0v) is 21.8. The predicted molar refractivity (Wildman–Crippen MR) is 132 cm³/mol. The van der Waals surface area contributed by atoms with Gasteiger partial charge in [0.05, 0.1) is 11.2 Å². The second kappa shape index (κ2) is 11.4. The van der Waals surface area contributed by atoms with Crippen LogP contribution in [-0.2, 0) is 33.1 Å². The van der Waals surface area contributed by atoms with Crippen LogP contribution in [0.2, 0.25) is 0 Å². The smallest absolute Gasteiger partial charge is 0.463 e. The Morgan fingerprint density at radius 3 is 2.31 bits per heavy atom. The summed E-state index contributed by atoms with van der Waals surface area (Å²) in [6, 6.07) is 7.19. The largest absolute Gasteiger partial charge is 0.494 e. The molecule has 1 unspecified atom stereocenters. The summed E-state index contributed by atoms with van der Waals surface area (Å²) in [7, 11) is -0.558. The summed E-state index contributed by atoms with van der Waals surface area (Å²) in [6.45, 7) is 10.3. The number of aliphatic hydroxyl groups is 2. The van der Waals surface area contributed by atoms with Crippen molar-refractivity contribution in [1.82, 2.24) is 0 Å². The predicted octanol–water partition coefficient (Wildman–Crippen LogP) is 1.98. The fourth-order valence-electron chi connectivity index (χ4n) is 4.54. The first-order valence-corrected chi connectivity index (χ1v) is 12.3. The van der Waals surface area contributed by atoms with Crippen molar-refractivity contribution in [3.63, 3.8) is 0 Å². The first kappa shape index (κ1) is 28.3. The highest BCUT2D eigenvalue weighted by atomic mass is 16.7. The molecule has 2 heterocycles. The molecule has 1 aromatic carbocycles. The van der Waals surface area contributed by atoms with Gasteiger partial charge in [0.2, 0.25) is 0 Å². The summed E-state index contributed by atoms with van der Waals surface area (Å²) in [4.78, 5) is 22.8. The Morgan fingerprint density at radius 1 is 1.06 bits per heavy atom. The normalized spacial score (nSPS) is 32.0. The molecular weight excluding hydrogens is 467 g/mol. The molecule has 2 fully saturated rings. The quantitative estimate of drug-likeness (QED) is 0.311. The summed E-state index contributed by atoms with van der Waals surface area (Å²) >= 11 is 0. The number of aliphatic hydroxyl groups excluding tert-OH is 2. The minimum Gasteiger partial charge on any atom is -0.463 e. The number of rotatable bonds is 8. The molecule has 0 bridgehead atoms. The molecule has 6 atom stereocenters. The third-order valence-electron chi connectivity index (χ3n) is 7.04. The fraction of sp³-hybridized carbons (Fsp3) is 0.615. The molecule has 10 heteroatoms. The van der Waals surface area contributed by atoms with Crippen LogP contribution < -0.4 is 5.46 Å². The monoisotopic (exact) mass is 504 g/mol. The number of benzene rings is 1. The third-order valence-corrected chi connectivity index (χ3v) is 7.04. The Balaban J connectivity index is 1.77. The van der Waals surface area contributed by atoms with E-state index in [0.29, 0.717) is 5.56 Å². The molecule has 2 saturated heterocycles. The van der Waals surface area contributed by atoms with Gasteiger partial charge in [-0.05, 0) is 51.6 Å². The van der Waals surface area contributed by atoms with Crippen LogP contribution in [0.25, 0.3) is 0 Å². The van der Waals surface area contributed by atoms with Crippen molar-refractivity contribution in [2.75, 3.05) is 6.61 Å². The van der Waals surface area contributed by atoms with Crippen molar-refractivity contribution >= 4 is 24.5 Å². The summed E-state index contributed by atoms with van der Waals surface area (Å²) in [6.07, 6.45) is -0.0659. The van der Waals surface area contributed by atoms with E-state index in [1.807, 2.05) is 39.0 Å². The van der Waals surface area contributed by atoms with Gasteiger partial charge in [-0.15, -0.1) is 0 Å². The Morgan fingerprint density at radius 2 is 1.72 bits per heavy atom. The Hall–Kier alpha value is -2.24. The highest BCUT2D eigenvalue weighted by Crippen LogP contribution is 2.40. The van der Waals surface area contributed by atoms with Gasteiger partial charge in [-0.3, -0.25) is 9.59 Å². The average Bonchev–Trinajstić information content (AvgIpc) is 3.05. The van der Waals surface area contributed by atoms with E-state index in [4.69, 9.17) is 23.5 Å². The molecule has 3 rings (SSSR count). The molecule has 9 nitrogen and oxygen atoms in total. The van der Waals surface area contributed by atoms with E-state index in [2.05, 4.69) is 13.0 Å². The van der Waals surface area contributed by atoms with E-state index in [0.717, 1.165) is 18.3 Å². The van der Waals surface area contributed by atoms with E-state index in [1.165, 1.54) is 13.8 Å². The van der Waals surface area contributed by atoms with E-state index >= 15 is 0 Å². The van der Waals surface area contributed by atoms with Crippen molar-refractivity contribution in [2.45, 2.75) is 96.1 Å². The number of carbonyl (C=O) groups is 2. The maximum absolute atomic E-state index is 11.5. The highest BCUT2D eigenvalue weighted by molar-refractivity contribution is 6.62. The molecule has 2 aliphatic rings.